The van der Waals surface area contributed by atoms with Crippen molar-refractivity contribution in [1.29, 1.82) is 0 Å². The minimum absolute atomic E-state index is 0.0955. The molecule has 3 amide bonds. The lowest BCUT2D eigenvalue weighted by Crippen LogP contribution is -2.49. The molecule has 1 fully saturated rings. The molecular formula is C13H21N3O5. The first-order chi connectivity index (χ1) is 9.73. The Labute approximate surface area is 123 Å². The Bertz CT molecular complexity index is 451. The lowest BCUT2D eigenvalue weighted by atomic mass is 10.1. The van der Waals surface area contributed by atoms with Crippen molar-refractivity contribution < 1.29 is 24.3 Å². The molecule has 1 saturated heterocycles. The van der Waals surface area contributed by atoms with Gasteiger partial charge in [-0.05, 0) is 6.92 Å². The van der Waals surface area contributed by atoms with Gasteiger partial charge in [0.15, 0.2) is 0 Å². The summed E-state index contributed by atoms with van der Waals surface area (Å²) in [6.45, 7) is 3.32. The highest BCUT2D eigenvalue weighted by atomic mass is 16.4. The van der Waals surface area contributed by atoms with Crippen molar-refractivity contribution in [3.8, 4) is 0 Å². The van der Waals surface area contributed by atoms with Crippen LogP contribution in [0.15, 0.2) is 0 Å². The Balaban J connectivity index is 2.75. The molecule has 0 bridgehead atoms. The van der Waals surface area contributed by atoms with Gasteiger partial charge in [0.25, 0.3) is 0 Å². The molecule has 8 heteroatoms. The van der Waals surface area contributed by atoms with Gasteiger partial charge in [0.05, 0.1) is 5.92 Å². The van der Waals surface area contributed by atoms with Crippen molar-refractivity contribution in [2.75, 3.05) is 26.7 Å². The molecule has 2 N–H and O–H groups in total. The minimum atomic E-state index is -1.12. The van der Waals surface area contributed by atoms with E-state index in [9.17, 15) is 19.2 Å². The van der Waals surface area contributed by atoms with Crippen LogP contribution in [0.5, 0.6) is 0 Å². The summed E-state index contributed by atoms with van der Waals surface area (Å²) in [5.41, 5.74) is 0. The third kappa shape index (κ3) is 4.44. The molecule has 0 saturated carbocycles. The molecule has 0 aliphatic carbocycles. The van der Waals surface area contributed by atoms with Crippen LogP contribution in [0.1, 0.15) is 20.3 Å². The monoisotopic (exact) mass is 299 g/mol. The molecule has 2 atom stereocenters. The SMILES string of the molecule is CC(=O)NCCN(C(=O)C1CC(=O)N(C)C1)C(C)C(=O)O. The Kier molecular flexibility index (Phi) is 5.69. The van der Waals surface area contributed by atoms with Crippen molar-refractivity contribution in [1.82, 2.24) is 15.1 Å². The van der Waals surface area contributed by atoms with Gasteiger partial charge in [-0.15, -0.1) is 0 Å². The fraction of sp³-hybridized carbons (Fsp3) is 0.692. The molecule has 1 aliphatic rings. The van der Waals surface area contributed by atoms with Gasteiger partial charge in [-0.3, -0.25) is 14.4 Å². The van der Waals surface area contributed by atoms with Gasteiger partial charge in [-0.1, -0.05) is 0 Å². The molecule has 1 rings (SSSR count). The molecule has 0 spiro atoms. The number of carbonyl (C=O) groups is 4. The number of carbonyl (C=O) groups excluding carboxylic acids is 3. The number of carboxylic acids is 1. The maximum Gasteiger partial charge on any atom is 0.326 e. The average molecular weight is 299 g/mol. The Morgan fingerprint density at radius 1 is 1.48 bits per heavy atom. The van der Waals surface area contributed by atoms with Crippen LogP contribution in [-0.2, 0) is 19.2 Å². The number of aliphatic carboxylic acids is 1. The Morgan fingerprint density at radius 2 is 2.10 bits per heavy atom. The van der Waals surface area contributed by atoms with E-state index < -0.39 is 17.9 Å². The van der Waals surface area contributed by atoms with Gasteiger partial charge in [-0.2, -0.15) is 0 Å². The fourth-order valence-corrected chi connectivity index (χ4v) is 2.24. The van der Waals surface area contributed by atoms with E-state index in [-0.39, 0.29) is 37.2 Å². The van der Waals surface area contributed by atoms with E-state index in [1.807, 2.05) is 0 Å². The van der Waals surface area contributed by atoms with Crippen LogP contribution < -0.4 is 5.32 Å². The third-order valence-corrected chi connectivity index (χ3v) is 3.52. The number of hydrogen-bond acceptors (Lipinski definition) is 4. The highest BCUT2D eigenvalue weighted by molar-refractivity contribution is 5.91. The maximum atomic E-state index is 12.4. The summed E-state index contributed by atoms with van der Waals surface area (Å²) in [4.78, 5) is 48.6. The maximum absolute atomic E-state index is 12.4. The smallest absolute Gasteiger partial charge is 0.326 e. The normalized spacial score (nSPS) is 19.3. The first-order valence-electron chi connectivity index (χ1n) is 6.75. The van der Waals surface area contributed by atoms with Gasteiger partial charge < -0.3 is 20.2 Å². The van der Waals surface area contributed by atoms with Crippen molar-refractivity contribution in [3.63, 3.8) is 0 Å². The number of nitrogens with one attached hydrogen (secondary N) is 1. The summed E-state index contributed by atoms with van der Waals surface area (Å²) in [5.74, 6) is -2.39. The molecule has 1 heterocycles. The highest BCUT2D eigenvalue weighted by Crippen LogP contribution is 2.19. The summed E-state index contributed by atoms with van der Waals surface area (Å²) in [5, 5.41) is 11.6. The molecule has 0 aromatic rings. The van der Waals surface area contributed by atoms with Crippen LogP contribution >= 0.6 is 0 Å². The standard InChI is InChI=1S/C13H21N3O5/c1-8(13(20)21)16(5-4-14-9(2)17)12(19)10-6-11(18)15(3)7-10/h8,10H,4-7H2,1-3H3,(H,14,17)(H,20,21). The number of rotatable bonds is 6. The van der Waals surface area contributed by atoms with Crippen molar-refractivity contribution in [2.45, 2.75) is 26.3 Å². The van der Waals surface area contributed by atoms with Gasteiger partial charge in [0, 0.05) is 40.0 Å². The van der Waals surface area contributed by atoms with Crippen LogP contribution in [0.3, 0.4) is 0 Å². The molecule has 0 radical (unpaired) electrons. The Morgan fingerprint density at radius 3 is 2.52 bits per heavy atom. The molecule has 21 heavy (non-hydrogen) atoms. The highest BCUT2D eigenvalue weighted by Gasteiger charge is 2.37. The van der Waals surface area contributed by atoms with Gasteiger partial charge >= 0.3 is 5.97 Å². The van der Waals surface area contributed by atoms with E-state index in [2.05, 4.69) is 5.32 Å². The summed E-state index contributed by atoms with van der Waals surface area (Å²) < 4.78 is 0. The quantitative estimate of drug-likeness (QED) is 0.647. The lowest BCUT2D eigenvalue weighted by Gasteiger charge is -2.28. The average Bonchev–Trinajstić information content (AvgIpc) is 2.73. The van der Waals surface area contributed by atoms with Crippen molar-refractivity contribution >= 4 is 23.7 Å². The van der Waals surface area contributed by atoms with Crippen LogP contribution in [-0.4, -0.2) is 71.3 Å². The molecule has 0 aromatic carbocycles. The predicted molar refractivity (Wildman–Crippen MR) is 73.2 cm³/mol. The van der Waals surface area contributed by atoms with Gasteiger partial charge in [0.2, 0.25) is 17.7 Å². The van der Waals surface area contributed by atoms with E-state index in [4.69, 9.17) is 5.11 Å². The van der Waals surface area contributed by atoms with Crippen molar-refractivity contribution in [2.24, 2.45) is 5.92 Å². The number of hydrogen-bond donors (Lipinski definition) is 2. The topological polar surface area (TPSA) is 107 Å². The third-order valence-electron chi connectivity index (χ3n) is 3.52. The second kappa shape index (κ2) is 7.05. The zero-order chi connectivity index (χ0) is 16.2. The van der Waals surface area contributed by atoms with E-state index in [1.54, 1.807) is 7.05 Å². The molecule has 8 nitrogen and oxygen atoms in total. The van der Waals surface area contributed by atoms with Crippen LogP contribution in [0, 0.1) is 5.92 Å². The summed E-state index contributed by atoms with van der Waals surface area (Å²) >= 11 is 0. The summed E-state index contributed by atoms with van der Waals surface area (Å²) in [6.07, 6.45) is 0.0955. The fourth-order valence-electron chi connectivity index (χ4n) is 2.24. The first-order valence-corrected chi connectivity index (χ1v) is 6.75. The van der Waals surface area contributed by atoms with E-state index in [0.29, 0.717) is 6.54 Å². The van der Waals surface area contributed by atoms with Gasteiger partial charge in [0.1, 0.15) is 6.04 Å². The molecule has 2 unspecified atom stereocenters. The number of carboxylic acid groups (broad SMARTS) is 1. The van der Waals surface area contributed by atoms with Crippen molar-refractivity contribution in [3.05, 3.63) is 0 Å². The van der Waals surface area contributed by atoms with E-state index in [1.165, 1.54) is 23.6 Å². The zero-order valence-corrected chi connectivity index (χ0v) is 12.5. The molecule has 0 aromatic heterocycles. The number of amides is 3. The largest absolute Gasteiger partial charge is 0.480 e. The van der Waals surface area contributed by atoms with E-state index in [0.717, 1.165) is 0 Å². The van der Waals surface area contributed by atoms with Crippen LogP contribution in [0.25, 0.3) is 0 Å². The Hall–Kier alpha value is -2.12. The second-order valence-electron chi connectivity index (χ2n) is 5.20. The van der Waals surface area contributed by atoms with Crippen LogP contribution in [0.4, 0.5) is 0 Å². The summed E-state index contributed by atoms with van der Waals surface area (Å²) in [7, 11) is 1.61. The predicted octanol–water partition coefficient (Wildman–Crippen LogP) is -1.10. The molecule has 118 valence electrons. The van der Waals surface area contributed by atoms with E-state index >= 15 is 0 Å². The second-order valence-corrected chi connectivity index (χ2v) is 5.20. The van der Waals surface area contributed by atoms with Gasteiger partial charge in [-0.25, -0.2) is 4.79 Å². The minimum Gasteiger partial charge on any atom is -0.480 e. The lowest BCUT2D eigenvalue weighted by molar-refractivity contribution is -0.151. The molecular weight excluding hydrogens is 278 g/mol. The molecule has 1 aliphatic heterocycles. The number of likely N-dealkylation sites (tertiary alicyclic amines) is 1. The first kappa shape index (κ1) is 16.9. The number of nitrogens with zero attached hydrogens (tertiary/aromatic N) is 2. The zero-order valence-electron chi connectivity index (χ0n) is 12.5. The summed E-state index contributed by atoms with van der Waals surface area (Å²) in [6, 6.07) is -1.01. The van der Waals surface area contributed by atoms with Crippen LogP contribution in [0.2, 0.25) is 0 Å².